The number of benzene rings is 1. The first-order chi connectivity index (χ1) is 14.7. The van der Waals surface area contributed by atoms with Crippen LogP contribution >= 0.6 is 0 Å². The molecule has 2 aliphatic heterocycles. The Morgan fingerprint density at radius 1 is 0.839 bits per heavy atom. The highest BCUT2D eigenvalue weighted by Crippen LogP contribution is 2.30. The van der Waals surface area contributed by atoms with E-state index in [1.54, 1.807) is 23.1 Å². The van der Waals surface area contributed by atoms with Crippen LogP contribution in [0.15, 0.2) is 18.2 Å². The van der Waals surface area contributed by atoms with E-state index in [4.69, 9.17) is 0 Å². The van der Waals surface area contributed by atoms with Gasteiger partial charge in [0.15, 0.2) is 0 Å². The Kier molecular flexibility index (Phi) is 5.62. The Hall–Kier alpha value is -2.70. The van der Waals surface area contributed by atoms with Gasteiger partial charge in [-0.25, -0.2) is 0 Å². The van der Waals surface area contributed by atoms with Crippen molar-refractivity contribution in [2.45, 2.75) is 58.4 Å². The number of imide groups is 1. The van der Waals surface area contributed by atoms with Gasteiger partial charge in [0.1, 0.15) is 0 Å². The molecule has 0 radical (unpaired) electrons. The minimum atomic E-state index is -0.626. The third-order valence-corrected chi connectivity index (χ3v) is 6.64. The molecule has 7 heteroatoms. The Labute approximate surface area is 183 Å². The zero-order chi connectivity index (χ0) is 22.3. The van der Waals surface area contributed by atoms with E-state index >= 15 is 0 Å². The van der Waals surface area contributed by atoms with Gasteiger partial charge < -0.3 is 9.80 Å². The van der Waals surface area contributed by atoms with Crippen LogP contribution in [0.1, 0.15) is 83.9 Å². The van der Waals surface area contributed by atoms with Gasteiger partial charge in [0.2, 0.25) is 5.91 Å². The van der Waals surface area contributed by atoms with Crippen LogP contribution < -0.4 is 0 Å². The highest BCUT2D eigenvalue weighted by Gasteiger charge is 2.42. The Morgan fingerprint density at radius 2 is 1.42 bits per heavy atom. The number of carbonyl (C=O) groups excluding carboxylic acids is 4. The van der Waals surface area contributed by atoms with Crippen molar-refractivity contribution in [1.29, 1.82) is 0 Å². The standard InChI is InChI=1S/C24H31N3O4/c1-24(2,3)27-22(30)18-10-9-17(15-19(18)23(27)31)21(29)26-13-11-25(12-14-26)20(28)16-7-5-4-6-8-16/h9-10,15-16H,4-8,11-14H2,1-3H3. The Morgan fingerprint density at radius 3 is 2.03 bits per heavy atom. The van der Waals surface area contributed by atoms with Gasteiger partial charge in [-0.15, -0.1) is 0 Å². The number of nitrogens with zero attached hydrogens (tertiary/aromatic N) is 3. The topological polar surface area (TPSA) is 78.0 Å². The summed E-state index contributed by atoms with van der Waals surface area (Å²) >= 11 is 0. The molecule has 0 unspecified atom stereocenters. The van der Waals surface area contributed by atoms with Crippen molar-refractivity contribution < 1.29 is 19.2 Å². The largest absolute Gasteiger partial charge is 0.339 e. The van der Waals surface area contributed by atoms with E-state index in [0.29, 0.717) is 37.3 Å². The van der Waals surface area contributed by atoms with E-state index in [2.05, 4.69) is 0 Å². The number of hydrogen-bond donors (Lipinski definition) is 0. The summed E-state index contributed by atoms with van der Waals surface area (Å²) in [6, 6.07) is 4.75. The van der Waals surface area contributed by atoms with Gasteiger partial charge in [0.25, 0.3) is 17.7 Å². The van der Waals surface area contributed by atoms with Crippen LogP contribution in [-0.2, 0) is 4.79 Å². The Bertz CT molecular complexity index is 919. The number of carbonyl (C=O) groups is 4. The second-order valence-corrected chi connectivity index (χ2v) is 9.83. The molecule has 1 aliphatic carbocycles. The van der Waals surface area contributed by atoms with E-state index in [-0.39, 0.29) is 35.1 Å². The molecule has 7 nitrogen and oxygen atoms in total. The van der Waals surface area contributed by atoms with E-state index in [0.717, 1.165) is 25.7 Å². The van der Waals surface area contributed by atoms with E-state index < -0.39 is 5.54 Å². The molecule has 4 amide bonds. The maximum absolute atomic E-state index is 13.1. The summed E-state index contributed by atoms with van der Waals surface area (Å²) in [4.78, 5) is 56.1. The van der Waals surface area contributed by atoms with E-state index in [1.807, 2.05) is 25.7 Å². The van der Waals surface area contributed by atoms with Gasteiger partial charge in [-0.2, -0.15) is 0 Å². The first-order valence-electron chi connectivity index (χ1n) is 11.3. The third-order valence-electron chi connectivity index (χ3n) is 6.64. The number of rotatable bonds is 2. The lowest BCUT2D eigenvalue weighted by Gasteiger charge is -2.37. The number of hydrogen-bond acceptors (Lipinski definition) is 4. The zero-order valence-corrected chi connectivity index (χ0v) is 18.6. The third kappa shape index (κ3) is 3.98. The molecule has 0 bridgehead atoms. The number of piperazine rings is 1. The smallest absolute Gasteiger partial charge is 0.262 e. The highest BCUT2D eigenvalue weighted by atomic mass is 16.2. The van der Waals surface area contributed by atoms with Crippen molar-refractivity contribution in [1.82, 2.24) is 14.7 Å². The van der Waals surface area contributed by atoms with Crippen molar-refractivity contribution >= 4 is 23.6 Å². The van der Waals surface area contributed by atoms with Crippen LogP contribution in [0.25, 0.3) is 0 Å². The second kappa shape index (κ2) is 8.09. The summed E-state index contributed by atoms with van der Waals surface area (Å²) < 4.78 is 0. The molecule has 2 heterocycles. The predicted molar refractivity (Wildman–Crippen MR) is 116 cm³/mol. The fraction of sp³-hybridized carbons (Fsp3) is 0.583. The molecule has 1 aromatic carbocycles. The first-order valence-corrected chi connectivity index (χ1v) is 11.3. The van der Waals surface area contributed by atoms with Crippen molar-refractivity contribution in [3.8, 4) is 0 Å². The lowest BCUT2D eigenvalue weighted by Crippen LogP contribution is -2.52. The van der Waals surface area contributed by atoms with Crippen LogP contribution in [-0.4, -0.2) is 70.0 Å². The van der Waals surface area contributed by atoms with E-state index in [9.17, 15) is 19.2 Å². The summed E-state index contributed by atoms with van der Waals surface area (Å²) in [5, 5.41) is 0. The van der Waals surface area contributed by atoms with Crippen molar-refractivity contribution in [3.05, 3.63) is 34.9 Å². The van der Waals surface area contributed by atoms with Gasteiger partial charge in [-0.1, -0.05) is 19.3 Å². The van der Waals surface area contributed by atoms with Crippen LogP contribution in [0.2, 0.25) is 0 Å². The zero-order valence-electron chi connectivity index (χ0n) is 18.6. The fourth-order valence-corrected chi connectivity index (χ4v) is 4.90. The SMILES string of the molecule is CC(C)(C)N1C(=O)c2ccc(C(=O)N3CCN(C(=O)C4CCCCC4)CC3)cc2C1=O. The molecule has 166 valence electrons. The molecule has 1 saturated heterocycles. The molecule has 2 fully saturated rings. The van der Waals surface area contributed by atoms with Gasteiger partial charge in [-0.05, 0) is 51.8 Å². The van der Waals surface area contributed by atoms with Crippen LogP contribution in [0.4, 0.5) is 0 Å². The molecule has 1 saturated carbocycles. The quantitative estimate of drug-likeness (QED) is 0.683. The van der Waals surface area contributed by atoms with Crippen molar-refractivity contribution in [3.63, 3.8) is 0 Å². The van der Waals surface area contributed by atoms with Gasteiger partial charge in [-0.3, -0.25) is 24.1 Å². The molecular weight excluding hydrogens is 394 g/mol. The summed E-state index contributed by atoms with van der Waals surface area (Å²) in [5.74, 6) is -0.467. The predicted octanol–water partition coefficient (Wildman–Crippen LogP) is 2.95. The summed E-state index contributed by atoms with van der Waals surface area (Å²) in [6.45, 7) is 7.49. The number of fused-ring (bicyclic) bond motifs is 1. The van der Waals surface area contributed by atoms with Gasteiger partial charge >= 0.3 is 0 Å². The Balaban J connectivity index is 1.43. The monoisotopic (exact) mass is 425 g/mol. The molecule has 0 aromatic heterocycles. The summed E-state index contributed by atoms with van der Waals surface area (Å²) in [7, 11) is 0. The summed E-state index contributed by atoms with van der Waals surface area (Å²) in [5.41, 5.74) is 0.414. The minimum absolute atomic E-state index is 0.141. The lowest BCUT2D eigenvalue weighted by atomic mass is 9.88. The molecule has 4 rings (SSSR count). The normalized spacial score (nSPS) is 20.3. The molecular formula is C24H31N3O4. The maximum atomic E-state index is 13.1. The second-order valence-electron chi connectivity index (χ2n) is 9.83. The molecule has 0 spiro atoms. The lowest BCUT2D eigenvalue weighted by molar-refractivity contribution is -0.138. The highest BCUT2D eigenvalue weighted by molar-refractivity contribution is 6.22. The number of amides is 4. The van der Waals surface area contributed by atoms with Gasteiger partial charge in [0.05, 0.1) is 11.1 Å². The maximum Gasteiger partial charge on any atom is 0.262 e. The molecule has 31 heavy (non-hydrogen) atoms. The van der Waals surface area contributed by atoms with Crippen LogP contribution in [0, 0.1) is 5.92 Å². The van der Waals surface area contributed by atoms with E-state index in [1.165, 1.54) is 11.3 Å². The minimum Gasteiger partial charge on any atom is -0.339 e. The van der Waals surface area contributed by atoms with Gasteiger partial charge in [0, 0.05) is 43.2 Å². The average Bonchev–Trinajstić information content (AvgIpc) is 3.03. The van der Waals surface area contributed by atoms with Crippen LogP contribution in [0.3, 0.4) is 0 Å². The summed E-state index contributed by atoms with van der Waals surface area (Å²) in [6.07, 6.45) is 5.42. The van der Waals surface area contributed by atoms with Crippen molar-refractivity contribution in [2.75, 3.05) is 26.2 Å². The molecule has 0 N–H and O–H groups in total. The fourth-order valence-electron chi connectivity index (χ4n) is 4.90. The molecule has 3 aliphatic rings. The molecule has 1 aromatic rings. The van der Waals surface area contributed by atoms with Crippen LogP contribution in [0.5, 0.6) is 0 Å². The molecule has 0 atom stereocenters. The first kappa shape index (κ1) is 21.5. The average molecular weight is 426 g/mol. The van der Waals surface area contributed by atoms with Crippen molar-refractivity contribution in [2.24, 2.45) is 5.92 Å².